The first kappa shape index (κ1) is 13.3. The fourth-order valence-electron chi connectivity index (χ4n) is 2.66. The summed E-state index contributed by atoms with van der Waals surface area (Å²) in [4.78, 5) is 2.57. The molecule has 2 rings (SSSR count). The summed E-state index contributed by atoms with van der Waals surface area (Å²) >= 11 is 0. The summed E-state index contributed by atoms with van der Waals surface area (Å²) in [6.07, 6.45) is 5.84. The lowest BCUT2D eigenvalue weighted by atomic mass is 10.0. The third-order valence-electron chi connectivity index (χ3n) is 4.55. The number of hydrogen-bond acceptors (Lipinski definition) is 3. The largest absolute Gasteiger partial charge is 0.380 e. The molecule has 0 spiro atoms. The minimum atomic E-state index is 0.339. The van der Waals surface area contributed by atoms with Gasteiger partial charge in [-0.05, 0) is 52.0 Å². The monoisotopic (exact) mass is 240 g/mol. The van der Waals surface area contributed by atoms with Crippen LogP contribution in [0.2, 0.25) is 0 Å². The lowest BCUT2D eigenvalue weighted by Gasteiger charge is -2.38. The van der Waals surface area contributed by atoms with Gasteiger partial charge in [0.15, 0.2) is 0 Å². The summed E-state index contributed by atoms with van der Waals surface area (Å²) < 4.78 is 5.42. The zero-order chi connectivity index (χ0) is 12.3. The van der Waals surface area contributed by atoms with E-state index in [2.05, 4.69) is 24.1 Å². The molecule has 2 aliphatic rings. The minimum absolute atomic E-state index is 0.339. The van der Waals surface area contributed by atoms with Gasteiger partial charge in [0.25, 0.3) is 0 Å². The van der Waals surface area contributed by atoms with Crippen LogP contribution in [0.3, 0.4) is 0 Å². The number of nitrogens with one attached hydrogen (secondary N) is 1. The van der Waals surface area contributed by atoms with E-state index in [4.69, 9.17) is 4.74 Å². The van der Waals surface area contributed by atoms with E-state index < -0.39 is 0 Å². The lowest BCUT2D eigenvalue weighted by molar-refractivity contribution is 0.0217. The van der Waals surface area contributed by atoms with E-state index >= 15 is 0 Å². The Morgan fingerprint density at radius 3 is 2.35 bits per heavy atom. The van der Waals surface area contributed by atoms with E-state index in [-0.39, 0.29) is 0 Å². The Bertz CT molecular complexity index is 222. The van der Waals surface area contributed by atoms with Gasteiger partial charge < -0.3 is 10.1 Å². The normalized spacial score (nSPS) is 27.0. The number of piperidine rings is 1. The molecule has 0 radical (unpaired) electrons. The Labute approximate surface area is 106 Å². The van der Waals surface area contributed by atoms with Crippen LogP contribution in [-0.4, -0.2) is 49.8 Å². The summed E-state index contributed by atoms with van der Waals surface area (Å²) in [5.74, 6) is 1.00. The van der Waals surface area contributed by atoms with Crippen molar-refractivity contribution in [2.75, 3.05) is 26.7 Å². The third-order valence-corrected chi connectivity index (χ3v) is 4.55. The number of rotatable bonds is 6. The molecule has 2 atom stereocenters. The number of ether oxygens (including phenoxy) is 1. The first-order valence-electron chi connectivity index (χ1n) is 7.21. The van der Waals surface area contributed by atoms with Crippen LogP contribution in [0.15, 0.2) is 0 Å². The van der Waals surface area contributed by atoms with Crippen molar-refractivity contribution in [2.24, 2.45) is 5.92 Å². The first-order chi connectivity index (χ1) is 8.20. The van der Waals surface area contributed by atoms with E-state index in [1.54, 1.807) is 0 Å². The molecular weight excluding hydrogens is 212 g/mol. The molecule has 1 saturated carbocycles. The van der Waals surface area contributed by atoms with E-state index in [1.807, 2.05) is 7.11 Å². The summed E-state index contributed by atoms with van der Waals surface area (Å²) in [6, 6.07) is 1.31. The molecule has 17 heavy (non-hydrogen) atoms. The van der Waals surface area contributed by atoms with E-state index in [1.165, 1.54) is 45.3 Å². The quantitative estimate of drug-likeness (QED) is 0.767. The highest BCUT2D eigenvalue weighted by Gasteiger charge is 2.27. The van der Waals surface area contributed by atoms with Gasteiger partial charge in [-0.25, -0.2) is 0 Å². The van der Waals surface area contributed by atoms with Crippen LogP contribution in [0.4, 0.5) is 0 Å². The summed E-state index contributed by atoms with van der Waals surface area (Å²) in [7, 11) is 1.81. The van der Waals surface area contributed by atoms with Gasteiger partial charge in [0, 0.05) is 32.3 Å². The number of hydrogen-bond donors (Lipinski definition) is 1. The van der Waals surface area contributed by atoms with Crippen LogP contribution >= 0.6 is 0 Å². The third kappa shape index (κ3) is 3.94. The van der Waals surface area contributed by atoms with Crippen molar-refractivity contribution in [1.82, 2.24) is 10.2 Å². The molecule has 3 nitrogen and oxygen atoms in total. The highest BCUT2D eigenvalue weighted by Crippen LogP contribution is 2.28. The highest BCUT2D eigenvalue weighted by molar-refractivity contribution is 4.84. The lowest BCUT2D eigenvalue weighted by Crippen LogP contribution is -2.49. The van der Waals surface area contributed by atoms with Crippen molar-refractivity contribution in [2.45, 2.75) is 57.7 Å². The predicted octanol–water partition coefficient (Wildman–Crippen LogP) is 1.87. The Morgan fingerprint density at radius 1 is 1.18 bits per heavy atom. The van der Waals surface area contributed by atoms with Crippen molar-refractivity contribution in [1.29, 1.82) is 0 Å². The number of likely N-dealkylation sites (tertiary alicyclic amines) is 1. The van der Waals surface area contributed by atoms with E-state index in [9.17, 15) is 0 Å². The van der Waals surface area contributed by atoms with Gasteiger partial charge in [0.1, 0.15) is 0 Å². The summed E-state index contributed by atoms with van der Waals surface area (Å²) in [5.41, 5.74) is 0. The van der Waals surface area contributed by atoms with Crippen molar-refractivity contribution in [3.63, 3.8) is 0 Å². The van der Waals surface area contributed by atoms with Gasteiger partial charge in [-0.1, -0.05) is 0 Å². The fraction of sp³-hybridized carbons (Fsp3) is 1.00. The second-order valence-corrected chi connectivity index (χ2v) is 5.84. The minimum Gasteiger partial charge on any atom is -0.380 e. The van der Waals surface area contributed by atoms with Crippen molar-refractivity contribution < 1.29 is 4.74 Å². The van der Waals surface area contributed by atoms with Crippen molar-refractivity contribution >= 4 is 0 Å². The second kappa shape index (κ2) is 6.17. The Kier molecular flexibility index (Phi) is 4.83. The predicted molar refractivity (Wildman–Crippen MR) is 71.3 cm³/mol. The van der Waals surface area contributed by atoms with Crippen molar-refractivity contribution in [3.05, 3.63) is 0 Å². The van der Waals surface area contributed by atoms with Gasteiger partial charge in [0.05, 0.1) is 6.10 Å². The van der Waals surface area contributed by atoms with Crippen LogP contribution in [0.1, 0.15) is 39.5 Å². The molecule has 1 heterocycles. The van der Waals surface area contributed by atoms with Gasteiger partial charge in [-0.3, -0.25) is 4.90 Å². The molecule has 1 aliphatic carbocycles. The smallest absolute Gasteiger partial charge is 0.0695 e. The first-order valence-corrected chi connectivity index (χ1v) is 7.21. The molecule has 1 aliphatic heterocycles. The van der Waals surface area contributed by atoms with Gasteiger partial charge in [-0.2, -0.15) is 0 Å². The van der Waals surface area contributed by atoms with E-state index in [0.717, 1.165) is 12.0 Å². The molecule has 1 saturated heterocycles. The molecule has 2 unspecified atom stereocenters. The van der Waals surface area contributed by atoms with Crippen LogP contribution < -0.4 is 5.32 Å². The Hall–Kier alpha value is -0.120. The van der Waals surface area contributed by atoms with Crippen LogP contribution in [0.25, 0.3) is 0 Å². The standard InChI is InChI=1S/C14H28N2O/c1-11(12(2)17-3)16-8-6-14(7-9-16)15-10-13-4-5-13/h11-15H,4-10H2,1-3H3. The number of methoxy groups -OCH3 is 1. The van der Waals surface area contributed by atoms with Gasteiger partial charge in [-0.15, -0.1) is 0 Å². The van der Waals surface area contributed by atoms with Crippen LogP contribution in [-0.2, 0) is 4.74 Å². The average Bonchev–Trinajstić information content (AvgIpc) is 3.19. The SMILES string of the molecule is COC(C)C(C)N1CCC(NCC2CC2)CC1. The molecular formula is C14H28N2O. The van der Waals surface area contributed by atoms with E-state index in [0.29, 0.717) is 12.1 Å². The molecule has 0 aromatic carbocycles. The molecule has 100 valence electrons. The molecule has 0 aromatic rings. The number of nitrogens with zero attached hydrogens (tertiary/aromatic N) is 1. The fourth-order valence-corrected chi connectivity index (χ4v) is 2.66. The topological polar surface area (TPSA) is 24.5 Å². The summed E-state index contributed by atoms with van der Waals surface area (Å²) in [5, 5.41) is 3.73. The molecule has 0 amide bonds. The summed E-state index contributed by atoms with van der Waals surface area (Å²) in [6.45, 7) is 8.15. The molecule has 2 fully saturated rings. The molecule has 0 aromatic heterocycles. The Morgan fingerprint density at radius 2 is 1.82 bits per heavy atom. The van der Waals surface area contributed by atoms with Crippen molar-refractivity contribution in [3.8, 4) is 0 Å². The maximum atomic E-state index is 5.42. The zero-order valence-corrected chi connectivity index (χ0v) is 11.6. The van der Waals surface area contributed by atoms with Crippen LogP contribution in [0, 0.1) is 5.92 Å². The average molecular weight is 240 g/mol. The van der Waals surface area contributed by atoms with Gasteiger partial charge in [0.2, 0.25) is 0 Å². The highest BCUT2D eigenvalue weighted by atomic mass is 16.5. The molecule has 0 bridgehead atoms. The second-order valence-electron chi connectivity index (χ2n) is 5.84. The zero-order valence-electron chi connectivity index (χ0n) is 11.6. The maximum Gasteiger partial charge on any atom is 0.0695 e. The Balaban J connectivity index is 1.65. The molecule has 1 N–H and O–H groups in total. The molecule has 3 heteroatoms. The maximum absolute atomic E-state index is 5.42. The van der Waals surface area contributed by atoms with Crippen LogP contribution in [0.5, 0.6) is 0 Å². The van der Waals surface area contributed by atoms with Gasteiger partial charge >= 0.3 is 0 Å².